The molecule has 0 aliphatic carbocycles. The summed E-state index contributed by atoms with van der Waals surface area (Å²) in [7, 11) is -3.98. The van der Waals surface area contributed by atoms with Crippen LogP contribution in [0.25, 0.3) is 0 Å². The van der Waals surface area contributed by atoms with Gasteiger partial charge in [-0.2, -0.15) is 0 Å². The zero-order chi connectivity index (χ0) is 18.7. The minimum Gasteiger partial charge on any atom is -0.298 e. The van der Waals surface area contributed by atoms with Gasteiger partial charge in [-0.3, -0.25) is 14.8 Å². The number of aromatic nitrogens is 1. The fourth-order valence-electron chi connectivity index (χ4n) is 2.13. The minimum atomic E-state index is -3.98. The molecule has 0 atom stereocenters. The average Bonchev–Trinajstić information content (AvgIpc) is 3.10. The molecule has 0 aliphatic rings. The first-order valence-corrected chi connectivity index (χ1v) is 9.81. The summed E-state index contributed by atoms with van der Waals surface area (Å²) in [6.07, 6.45) is 1.56. The van der Waals surface area contributed by atoms with E-state index in [0.29, 0.717) is 10.7 Å². The lowest BCUT2D eigenvalue weighted by atomic mass is 10.2. The van der Waals surface area contributed by atoms with Crippen LogP contribution in [0.4, 0.5) is 15.2 Å². The van der Waals surface area contributed by atoms with Crippen molar-refractivity contribution in [3.8, 4) is 0 Å². The van der Waals surface area contributed by atoms with Gasteiger partial charge in [0.2, 0.25) is 0 Å². The number of nitrogens with zero attached hydrogens (tertiary/aromatic N) is 1. The molecular formula is C17H14FN3O3S2. The van der Waals surface area contributed by atoms with Gasteiger partial charge in [-0.1, -0.05) is 12.1 Å². The van der Waals surface area contributed by atoms with Crippen LogP contribution in [0.5, 0.6) is 0 Å². The monoisotopic (exact) mass is 391 g/mol. The number of anilines is 2. The van der Waals surface area contributed by atoms with Crippen molar-refractivity contribution < 1.29 is 17.6 Å². The molecule has 6 nitrogen and oxygen atoms in total. The summed E-state index contributed by atoms with van der Waals surface area (Å²) in [5.41, 5.74) is 0.804. The van der Waals surface area contributed by atoms with E-state index in [2.05, 4.69) is 15.0 Å². The van der Waals surface area contributed by atoms with Crippen LogP contribution >= 0.6 is 11.3 Å². The molecule has 1 amide bonds. The largest absolute Gasteiger partial charge is 0.298 e. The number of nitrogens with one attached hydrogen (secondary N) is 2. The molecule has 26 heavy (non-hydrogen) atoms. The van der Waals surface area contributed by atoms with E-state index in [4.69, 9.17) is 0 Å². The molecule has 2 aromatic carbocycles. The standard InChI is InChI=1S/C17H14FN3O3S2/c1-11-5-6-14(10-15(11)18)26(23,24)21-13-4-2-3-12(9-13)16(22)20-17-19-7-8-25-17/h2-10,21H,1H3,(H,19,20,22). The van der Waals surface area contributed by atoms with Crippen LogP contribution in [0.15, 0.2) is 58.9 Å². The molecule has 3 rings (SSSR count). The number of hydrogen-bond donors (Lipinski definition) is 2. The van der Waals surface area contributed by atoms with Crippen molar-refractivity contribution in [2.24, 2.45) is 0 Å². The number of carbonyl (C=O) groups is 1. The van der Waals surface area contributed by atoms with Crippen LogP contribution in [-0.2, 0) is 10.0 Å². The van der Waals surface area contributed by atoms with Crippen LogP contribution in [0.1, 0.15) is 15.9 Å². The highest BCUT2D eigenvalue weighted by Gasteiger charge is 2.17. The number of amides is 1. The summed E-state index contributed by atoms with van der Waals surface area (Å²) in [5.74, 6) is -1.02. The van der Waals surface area contributed by atoms with Gasteiger partial charge in [-0.25, -0.2) is 17.8 Å². The van der Waals surface area contributed by atoms with E-state index in [-0.39, 0.29) is 16.1 Å². The van der Waals surface area contributed by atoms with E-state index in [0.717, 1.165) is 6.07 Å². The summed E-state index contributed by atoms with van der Waals surface area (Å²) < 4.78 is 40.8. The summed E-state index contributed by atoms with van der Waals surface area (Å²) in [6, 6.07) is 9.65. The van der Waals surface area contributed by atoms with Gasteiger partial charge >= 0.3 is 0 Å². The molecule has 0 aliphatic heterocycles. The first-order chi connectivity index (χ1) is 12.3. The summed E-state index contributed by atoms with van der Waals surface area (Å²) in [4.78, 5) is 16.0. The molecule has 0 spiro atoms. The van der Waals surface area contributed by atoms with E-state index in [1.165, 1.54) is 35.6 Å². The van der Waals surface area contributed by atoms with Gasteiger partial charge in [0.25, 0.3) is 15.9 Å². The Morgan fingerprint density at radius 2 is 2.00 bits per heavy atom. The minimum absolute atomic E-state index is 0.192. The fourth-order valence-corrected chi connectivity index (χ4v) is 3.72. The number of hydrogen-bond acceptors (Lipinski definition) is 5. The molecule has 0 bridgehead atoms. The maximum absolute atomic E-state index is 13.6. The summed E-state index contributed by atoms with van der Waals surface area (Å²) >= 11 is 1.27. The highest BCUT2D eigenvalue weighted by Crippen LogP contribution is 2.20. The normalized spacial score (nSPS) is 11.2. The molecule has 0 saturated heterocycles. The van der Waals surface area contributed by atoms with Crippen molar-refractivity contribution in [2.45, 2.75) is 11.8 Å². The molecule has 0 radical (unpaired) electrons. The van der Waals surface area contributed by atoms with Crippen molar-refractivity contribution in [3.63, 3.8) is 0 Å². The predicted molar refractivity (Wildman–Crippen MR) is 98.5 cm³/mol. The molecule has 1 aromatic heterocycles. The van der Waals surface area contributed by atoms with E-state index in [1.807, 2.05) is 0 Å². The first-order valence-electron chi connectivity index (χ1n) is 7.45. The Morgan fingerprint density at radius 3 is 2.69 bits per heavy atom. The highest BCUT2D eigenvalue weighted by molar-refractivity contribution is 7.92. The second-order valence-corrected chi connectivity index (χ2v) is 7.97. The topological polar surface area (TPSA) is 88.2 Å². The number of halogens is 1. The van der Waals surface area contributed by atoms with Gasteiger partial charge in [0, 0.05) is 22.8 Å². The Labute approximate surface area is 153 Å². The third-order valence-corrected chi connectivity index (χ3v) is 5.55. The number of thiazole rings is 1. The lowest BCUT2D eigenvalue weighted by Crippen LogP contribution is -2.15. The Kier molecular flexibility index (Phi) is 5.01. The van der Waals surface area contributed by atoms with Crippen molar-refractivity contribution in [1.82, 2.24) is 4.98 Å². The fraction of sp³-hybridized carbons (Fsp3) is 0.0588. The zero-order valence-electron chi connectivity index (χ0n) is 13.6. The van der Waals surface area contributed by atoms with Gasteiger partial charge in [0.15, 0.2) is 5.13 Å². The lowest BCUT2D eigenvalue weighted by Gasteiger charge is -2.10. The number of sulfonamides is 1. The van der Waals surface area contributed by atoms with Gasteiger partial charge in [-0.05, 0) is 42.8 Å². The molecule has 9 heteroatoms. The quantitative estimate of drug-likeness (QED) is 0.695. The van der Waals surface area contributed by atoms with E-state index >= 15 is 0 Å². The highest BCUT2D eigenvalue weighted by atomic mass is 32.2. The molecular weight excluding hydrogens is 377 g/mol. The smallest absolute Gasteiger partial charge is 0.261 e. The Morgan fingerprint density at radius 1 is 1.19 bits per heavy atom. The van der Waals surface area contributed by atoms with E-state index < -0.39 is 21.7 Å². The number of rotatable bonds is 5. The summed E-state index contributed by atoms with van der Waals surface area (Å²) in [5, 5.41) is 4.78. The first kappa shape index (κ1) is 18.0. The average molecular weight is 391 g/mol. The molecule has 1 heterocycles. The molecule has 2 N–H and O–H groups in total. The van der Waals surface area contributed by atoms with Crippen LogP contribution in [0.3, 0.4) is 0 Å². The van der Waals surface area contributed by atoms with Gasteiger partial charge in [-0.15, -0.1) is 11.3 Å². The third-order valence-electron chi connectivity index (χ3n) is 3.48. The third kappa shape index (κ3) is 4.06. The molecule has 0 fully saturated rings. The van der Waals surface area contributed by atoms with Crippen molar-refractivity contribution in [1.29, 1.82) is 0 Å². The Hall–Kier alpha value is -2.78. The molecule has 3 aromatic rings. The van der Waals surface area contributed by atoms with Gasteiger partial charge in [0.1, 0.15) is 5.82 Å². The number of carbonyl (C=O) groups excluding carboxylic acids is 1. The second kappa shape index (κ2) is 7.22. The van der Waals surface area contributed by atoms with Crippen molar-refractivity contribution in [2.75, 3.05) is 10.0 Å². The van der Waals surface area contributed by atoms with Crippen LogP contribution < -0.4 is 10.0 Å². The van der Waals surface area contributed by atoms with E-state index in [9.17, 15) is 17.6 Å². The van der Waals surface area contributed by atoms with E-state index in [1.54, 1.807) is 30.6 Å². The zero-order valence-corrected chi connectivity index (χ0v) is 15.2. The van der Waals surface area contributed by atoms with Crippen LogP contribution in [0, 0.1) is 12.7 Å². The van der Waals surface area contributed by atoms with Crippen molar-refractivity contribution >= 4 is 38.1 Å². The molecule has 134 valence electrons. The van der Waals surface area contributed by atoms with Crippen molar-refractivity contribution in [3.05, 3.63) is 71.0 Å². The summed E-state index contributed by atoms with van der Waals surface area (Å²) in [6.45, 7) is 1.55. The number of benzene rings is 2. The maximum atomic E-state index is 13.6. The molecule has 0 saturated carbocycles. The van der Waals surface area contributed by atoms with Crippen LogP contribution in [-0.4, -0.2) is 19.3 Å². The second-order valence-electron chi connectivity index (χ2n) is 5.39. The Bertz CT molecular complexity index is 1050. The van der Waals surface area contributed by atoms with Crippen LogP contribution in [0.2, 0.25) is 0 Å². The predicted octanol–water partition coefficient (Wildman–Crippen LogP) is 3.64. The van der Waals surface area contributed by atoms with Gasteiger partial charge < -0.3 is 0 Å². The molecule has 0 unspecified atom stereocenters. The lowest BCUT2D eigenvalue weighted by molar-refractivity contribution is 0.102. The Balaban J connectivity index is 1.81. The SMILES string of the molecule is Cc1ccc(S(=O)(=O)Nc2cccc(C(=O)Nc3nccs3)c2)cc1F. The number of aryl methyl sites for hydroxylation is 1. The maximum Gasteiger partial charge on any atom is 0.261 e. The van der Waals surface area contributed by atoms with Gasteiger partial charge in [0.05, 0.1) is 4.90 Å².